The SMILES string of the molecule is CCOC(=O)CNC(=O)N(CCO)Cc1ccccc1. The van der Waals surface area contributed by atoms with Gasteiger partial charge in [0.05, 0.1) is 13.2 Å². The Morgan fingerprint density at radius 1 is 1.30 bits per heavy atom. The van der Waals surface area contributed by atoms with Gasteiger partial charge in [-0.15, -0.1) is 0 Å². The molecule has 0 aliphatic rings. The lowest BCUT2D eigenvalue weighted by Gasteiger charge is -2.22. The second kappa shape index (κ2) is 8.92. The molecule has 1 rings (SSSR count). The summed E-state index contributed by atoms with van der Waals surface area (Å²) < 4.78 is 4.73. The van der Waals surface area contributed by atoms with Crippen molar-refractivity contribution in [2.75, 3.05) is 26.3 Å². The number of nitrogens with one attached hydrogen (secondary N) is 1. The summed E-state index contributed by atoms with van der Waals surface area (Å²) in [5.41, 5.74) is 0.951. The molecule has 6 nitrogen and oxygen atoms in total. The molecule has 0 fully saturated rings. The first-order valence-electron chi connectivity index (χ1n) is 6.50. The molecule has 0 aliphatic heterocycles. The standard InChI is InChI=1S/C14H20N2O4/c1-2-20-13(18)10-15-14(19)16(8-9-17)11-12-6-4-3-5-7-12/h3-7,17H,2,8-11H2,1H3,(H,15,19). The molecule has 0 unspecified atom stereocenters. The predicted molar refractivity (Wildman–Crippen MR) is 74.0 cm³/mol. The van der Waals surface area contributed by atoms with Crippen molar-refractivity contribution in [3.8, 4) is 0 Å². The summed E-state index contributed by atoms with van der Waals surface area (Å²) in [6.07, 6.45) is 0. The van der Waals surface area contributed by atoms with Gasteiger partial charge in [0.2, 0.25) is 0 Å². The highest BCUT2D eigenvalue weighted by molar-refractivity contribution is 5.80. The molecule has 6 heteroatoms. The number of carbonyl (C=O) groups is 2. The van der Waals surface area contributed by atoms with Crippen LogP contribution in [0.2, 0.25) is 0 Å². The number of esters is 1. The number of hydrogen-bond acceptors (Lipinski definition) is 4. The fraction of sp³-hybridized carbons (Fsp3) is 0.429. The number of rotatable bonds is 7. The average Bonchev–Trinajstić information content (AvgIpc) is 2.46. The van der Waals surface area contributed by atoms with Crippen LogP contribution in [0.1, 0.15) is 12.5 Å². The van der Waals surface area contributed by atoms with Crippen molar-refractivity contribution in [3.05, 3.63) is 35.9 Å². The van der Waals surface area contributed by atoms with Gasteiger partial charge >= 0.3 is 12.0 Å². The third kappa shape index (κ3) is 5.71. The van der Waals surface area contributed by atoms with Crippen LogP contribution in [0.3, 0.4) is 0 Å². The molecule has 0 aromatic heterocycles. The Kier molecular flexibility index (Phi) is 7.13. The van der Waals surface area contributed by atoms with E-state index >= 15 is 0 Å². The number of aliphatic hydroxyl groups is 1. The number of benzene rings is 1. The molecule has 0 spiro atoms. The first-order chi connectivity index (χ1) is 9.67. The van der Waals surface area contributed by atoms with E-state index in [1.54, 1.807) is 6.92 Å². The Morgan fingerprint density at radius 2 is 2.00 bits per heavy atom. The Bertz CT molecular complexity index is 422. The van der Waals surface area contributed by atoms with Crippen molar-refractivity contribution in [2.45, 2.75) is 13.5 Å². The zero-order valence-corrected chi connectivity index (χ0v) is 11.5. The minimum Gasteiger partial charge on any atom is -0.465 e. The molecule has 110 valence electrons. The number of hydrogen-bond donors (Lipinski definition) is 2. The third-order valence-electron chi connectivity index (χ3n) is 2.56. The van der Waals surface area contributed by atoms with E-state index < -0.39 is 12.0 Å². The lowest BCUT2D eigenvalue weighted by Crippen LogP contribution is -2.43. The van der Waals surface area contributed by atoms with Gasteiger partial charge in [-0.05, 0) is 12.5 Å². The molecule has 0 atom stereocenters. The molecule has 2 amide bonds. The normalized spacial score (nSPS) is 9.90. The van der Waals surface area contributed by atoms with E-state index in [1.807, 2.05) is 30.3 Å². The average molecular weight is 280 g/mol. The Hall–Kier alpha value is -2.08. The van der Waals surface area contributed by atoms with Crippen LogP contribution in [0.4, 0.5) is 4.79 Å². The van der Waals surface area contributed by atoms with E-state index in [0.29, 0.717) is 6.54 Å². The highest BCUT2D eigenvalue weighted by Crippen LogP contribution is 2.04. The van der Waals surface area contributed by atoms with Gasteiger partial charge in [-0.3, -0.25) is 4.79 Å². The smallest absolute Gasteiger partial charge is 0.325 e. The van der Waals surface area contributed by atoms with Gasteiger partial charge in [-0.2, -0.15) is 0 Å². The fourth-order valence-electron chi connectivity index (χ4n) is 1.65. The summed E-state index contributed by atoms with van der Waals surface area (Å²) in [6.45, 7) is 2.23. The molecule has 2 N–H and O–H groups in total. The highest BCUT2D eigenvalue weighted by Gasteiger charge is 2.14. The number of amides is 2. The maximum Gasteiger partial charge on any atom is 0.325 e. The monoisotopic (exact) mass is 280 g/mol. The second-order valence-electron chi connectivity index (χ2n) is 4.09. The Labute approximate surface area is 118 Å². The summed E-state index contributed by atoms with van der Waals surface area (Å²) in [4.78, 5) is 24.6. The number of ether oxygens (including phenoxy) is 1. The van der Waals surface area contributed by atoms with Crippen LogP contribution in [0.25, 0.3) is 0 Å². The lowest BCUT2D eigenvalue weighted by molar-refractivity contribution is -0.141. The van der Waals surface area contributed by atoms with Crippen molar-refractivity contribution in [2.24, 2.45) is 0 Å². The van der Waals surface area contributed by atoms with E-state index in [4.69, 9.17) is 9.84 Å². The molecule has 0 saturated carbocycles. The fourth-order valence-corrected chi connectivity index (χ4v) is 1.65. The first kappa shape index (κ1) is 16.0. The number of nitrogens with zero attached hydrogens (tertiary/aromatic N) is 1. The van der Waals surface area contributed by atoms with Crippen LogP contribution in [-0.2, 0) is 16.1 Å². The van der Waals surface area contributed by atoms with Crippen molar-refractivity contribution in [3.63, 3.8) is 0 Å². The van der Waals surface area contributed by atoms with Crippen molar-refractivity contribution in [1.82, 2.24) is 10.2 Å². The molecule has 0 radical (unpaired) electrons. The molecule has 0 bridgehead atoms. The zero-order valence-electron chi connectivity index (χ0n) is 11.5. The van der Waals surface area contributed by atoms with Crippen molar-refractivity contribution in [1.29, 1.82) is 0 Å². The quantitative estimate of drug-likeness (QED) is 0.723. The van der Waals surface area contributed by atoms with Crippen LogP contribution < -0.4 is 5.32 Å². The number of carbonyl (C=O) groups excluding carboxylic acids is 2. The summed E-state index contributed by atoms with van der Waals surface area (Å²) in [7, 11) is 0. The van der Waals surface area contributed by atoms with Crippen LogP contribution in [0, 0.1) is 0 Å². The van der Waals surface area contributed by atoms with Crippen molar-refractivity contribution < 1.29 is 19.4 Å². The van der Waals surface area contributed by atoms with E-state index in [9.17, 15) is 9.59 Å². The van der Waals surface area contributed by atoms with Gasteiger partial charge < -0.3 is 20.1 Å². The summed E-state index contributed by atoms with van der Waals surface area (Å²) in [5.74, 6) is -0.482. The minimum absolute atomic E-state index is 0.139. The Balaban J connectivity index is 2.52. The number of aliphatic hydroxyl groups excluding tert-OH is 1. The van der Waals surface area contributed by atoms with Gasteiger partial charge in [0, 0.05) is 13.1 Å². The van der Waals surface area contributed by atoms with Crippen LogP contribution >= 0.6 is 0 Å². The van der Waals surface area contributed by atoms with Gasteiger partial charge in [0.25, 0.3) is 0 Å². The van der Waals surface area contributed by atoms with Gasteiger partial charge in [-0.1, -0.05) is 30.3 Å². The first-order valence-corrected chi connectivity index (χ1v) is 6.50. The maximum absolute atomic E-state index is 11.9. The highest BCUT2D eigenvalue weighted by atomic mass is 16.5. The summed E-state index contributed by atoms with van der Waals surface area (Å²) >= 11 is 0. The number of urea groups is 1. The van der Waals surface area contributed by atoms with Gasteiger partial charge in [-0.25, -0.2) is 4.79 Å². The van der Waals surface area contributed by atoms with Crippen LogP contribution in [-0.4, -0.2) is 48.3 Å². The largest absolute Gasteiger partial charge is 0.465 e. The summed E-state index contributed by atoms with van der Waals surface area (Å²) in [6, 6.07) is 9.02. The molecular formula is C14H20N2O4. The molecule has 0 heterocycles. The summed E-state index contributed by atoms with van der Waals surface area (Å²) in [5, 5.41) is 11.5. The lowest BCUT2D eigenvalue weighted by atomic mass is 10.2. The maximum atomic E-state index is 11.9. The Morgan fingerprint density at radius 3 is 2.60 bits per heavy atom. The van der Waals surface area contributed by atoms with Crippen molar-refractivity contribution >= 4 is 12.0 Å². The van der Waals surface area contributed by atoms with E-state index in [0.717, 1.165) is 5.56 Å². The molecule has 20 heavy (non-hydrogen) atoms. The molecule has 1 aromatic carbocycles. The van der Waals surface area contributed by atoms with Crippen LogP contribution in [0.5, 0.6) is 0 Å². The predicted octanol–water partition coefficient (Wildman–Crippen LogP) is 0.754. The second-order valence-corrected chi connectivity index (χ2v) is 4.09. The molecule has 0 saturated heterocycles. The minimum atomic E-state index is -0.482. The van der Waals surface area contributed by atoms with Gasteiger partial charge in [0.15, 0.2) is 0 Å². The zero-order chi connectivity index (χ0) is 14.8. The van der Waals surface area contributed by atoms with Gasteiger partial charge in [0.1, 0.15) is 6.54 Å². The molecular weight excluding hydrogens is 260 g/mol. The molecule has 0 aliphatic carbocycles. The third-order valence-corrected chi connectivity index (χ3v) is 2.56. The topological polar surface area (TPSA) is 78.9 Å². The van der Waals surface area contributed by atoms with E-state index in [1.165, 1.54) is 4.90 Å². The van der Waals surface area contributed by atoms with E-state index in [2.05, 4.69) is 5.32 Å². The van der Waals surface area contributed by atoms with Crippen LogP contribution in [0.15, 0.2) is 30.3 Å². The van der Waals surface area contributed by atoms with E-state index in [-0.39, 0.29) is 26.3 Å². The molecule has 1 aromatic rings.